The van der Waals surface area contributed by atoms with Crippen molar-refractivity contribution in [3.63, 3.8) is 0 Å². The largest absolute Gasteiger partial charge is 0.469 e. The summed E-state index contributed by atoms with van der Waals surface area (Å²) >= 11 is 0.992. The molecule has 2 aromatic heterocycles. The average molecular weight is 681 g/mol. The van der Waals surface area contributed by atoms with Crippen molar-refractivity contribution >= 4 is 47.6 Å². The summed E-state index contributed by atoms with van der Waals surface area (Å²) in [5.41, 5.74) is -0.410. The quantitative estimate of drug-likeness (QED) is 0.215. The van der Waals surface area contributed by atoms with E-state index in [1.165, 1.54) is 28.4 Å². The first-order valence-electron chi connectivity index (χ1n) is 14.7. The van der Waals surface area contributed by atoms with Crippen molar-refractivity contribution in [1.82, 2.24) is 9.97 Å². The molecule has 0 aliphatic heterocycles. The van der Waals surface area contributed by atoms with Crippen LogP contribution in [0.2, 0.25) is 0 Å². The van der Waals surface area contributed by atoms with Gasteiger partial charge in [0.25, 0.3) is 0 Å². The maximum atomic E-state index is 13.4. The molecule has 2 rings (SSSR count). The Hall–Kier alpha value is -4.27. The Labute approximate surface area is 277 Å². The van der Waals surface area contributed by atoms with Gasteiger partial charge in [-0.3, -0.25) is 19.2 Å². The zero-order valence-corrected chi connectivity index (χ0v) is 29.4. The third kappa shape index (κ3) is 11.5. The normalized spacial score (nSPS) is 11.4. The van der Waals surface area contributed by atoms with E-state index < -0.39 is 47.0 Å². The standard InChI is InChI=1S/C32H44N2O12S/c1-31(2,3)45-29(39)25-17(11-13-21(35)41-7)19(15-23(37)43-9)27(33-25)47-28-20(16-24(38)44-10)18(12-14-22(36)42-8)26(34-28)30(40)46-32(4,5)6/h33-34H,11-16H2,1-10H3. The maximum Gasteiger partial charge on any atom is 0.355 e. The molecule has 0 saturated heterocycles. The smallest absolute Gasteiger partial charge is 0.355 e. The van der Waals surface area contributed by atoms with E-state index in [0.717, 1.165) is 11.8 Å². The van der Waals surface area contributed by atoms with Gasteiger partial charge < -0.3 is 38.4 Å². The Bertz CT molecular complexity index is 1380. The number of aromatic amines is 2. The van der Waals surface area contributed by atoms with Crippen molar-refractivity contribution in [2.24, 2.45) is 0 Å². The molecule has 0 radical (unpaired) electrons. The van der Waals surface area contributed by atoms with Crippen LogP contribution in [0.25, 0.3) is 0 Å². The van der Waals surface area contributed by atoms with Gasteiger partial charge in [-0.1, -0.05) is 11.8 Å². The van der Waals surface area contributed by atoms with Crippen LogP contribution in [-0.2, 0) is 73.3 Å². The van der Waals surface area contributed by atoms with E-state index in [4.69, 9.17) is 28.4 Å². The molecule has 0 bridgehead atoms. The first kappa shape index (κ1) is 38.9. The lowest BCUT2D eigenvalue weighted by Gasteiger charge is -2.19. The van der Waals surface area contributed by atoms with Crippen LogP contribution in [0.1, 0.15) is 97.6 Å². The average Bonchev–Trinajstić information content (AvgIpc) is 3.49. The number of carbonyl (C=O) groups is 6. The summed E-state index contributed by atoms with van der Waals surface area (Å²) in [4.78, 5) is 82.4. The Morgan fingerprint density at radius 1 is 0.532 bits per heavy atom. The van der Waals surface area contributed by atoms with Crippen LogP contribution < -0.4 is 0 Å². The molecule has 2 heterocycles. The highest BCUT2D eigenvalue weighted by atomic mass is 32.2. The molecule has 14 nitrogen and oxygen atoms in total. The molecule has 0 spiro atoms. The summed E-state index contributed by atoms with van der Waals surface area (Å²) in [5, 5.41) is 0.553. The number of methoxy groups -OCH3 is 4. The van der Waals surface area contributed by atoms with E-state index in [1.807, 2.05) is 0 Å². The van der Waals surface area contributed by atoms with Gasteiger partial charge in [0, 0.05) is 12.8 Å². The zero-order chi connectivity index (χ0) is 35.7. The topological polar surface area (TPSA) is 189 Å². The van der Waals surface area contributed by atoms with E-state index in [1.54, 1.807) is 41.5 Å². The van der Waals surface area contributed by atoms with Gasteiger partial charge in [-0.05, 0) is 76.6 Å². The summed E-state index contributed by atoms with van der Waals surface area (Å²) < 4.78 is 30.7. The third-order valence-corrected chi connectivity index (χ3v) is 7.58. The molecule has 0 aromatic carbocycles. The first-order valence-corrected chi connectivity index (χ1v) is 15.5. The lowest BCUT2D eigenvalue weighted by Crippen LogP contribution is -2.25. The number of aromatic nitrogens is 2. The van der Waals surface area contributed by atoms with Crippen molar-refractivity contribution in [1.29, 1.82) is 0 Å². The minimum atomic E-state index is -0.873. The Kier molecular flexibility index (Phi) is 13.7. The number of esters is 6. The Morgan fingerprint density at radius 3 is 1.13 bits per heavy atom. The van der Waals surface area contributed by atoms with E-state index in [2.05, 4.69) is 9.97 Å². The fourth-order valence-corrected chi connectivity index (χ4v) is 5.55. The maximum absolute atomic E-state index is 13.4. The molecule has 260 valence electrons. The summed E-state index contributed by atoms with van der Waals surface area (Å²) in [7, 11) is 4.90. The monoisotopic (exact) mass is 680 g/mol. The highest BCUT2D eigenvalue weighted by Gasteiger charge is 2.32. The van der Waals surface area contributed by atoms with Crippen LogP contribution in [0, 0.1) is 0 Å². The number of hydrogen-bond donors (Lipinski definition) is 2. The summed E-state index contributed by atoms with van der Waals surface area (Å²) in [6.45, 7) is 10.2. The van der Waals surface area contributed by atoms with Crippen molar-refractivity contribution in [3.8, 4) is 0 Å². The van der Waals surface area contributed by atoms with Gasteiger partial charge in [0.1, 0.15) is 22.6 Å². The molecule has 0 atom stereocenters. The van der Waals surface area contributed by atoms with Crippen LogP contribution in [0.5, 0.6) is 0 Å². The molecule has 0 aliphatic carbocycles. The van der Waals surface area contributed by atoms with Gasteiger partial charge in [0.05, 0.1) is 51.3 Å². The molecule has 2 N–H and O–H groups in total. The number of hydrogen-bond acceptors (Lipinski definition) is 13. The zero-order valence-electron chi connectivity index (χ0n) is 28.5. The molecule has 0 saturated carbocycles. The Balaban J connectivity index is 2.88. The van der Waals surface area contributed by atoms with Crippen molar-refractivity contribution < 1.29 is 57.2 Å². The van der Waals surface area contributed by atoms with E-state index in [0.29, 0.717) is 22.3 Å². The van der Waals surface area contributed by atoms with Gasteiger partial charge in [0.2, 0.25) is 0 Å². The number of H-pyrrole nitrogens is 2. The molecule has 15 heteroatoms. The molecule has 0 unspecified atom stereocenters. The third-order valence-electron chi connectivity index (χ3n) is 6.48. The van der Waals surface area contributed by atoms with E-state index >= 15 is 0 Å². The fraction of sp³-hybridized carbons (Fsp3) is 0.562. The lowest BCUT2D eigenvalue weighted by atomic mass is 10.0. The number of nitrogens with one attached hydrogen (secondary N) is 2. The molecule has 0 fully saturated rings. The van der Waals surface area contributed by atoms with Gasteiger partial charge in [-0.15, -0.1) is 0 Å². The van der Waals surface area contributed by atoms with Crippen molar-refractivity contribution in [2.75, 3.05) is 28.4 Å². The van der Waals surface area contributed by atoms with Gasteiger partial charge in [-0.2, -0.15) is 0 Å². The predicted octanol–water partition coefficient (Wildman–Crippen LogP) is 4.05. The fourth-order valence-electron chi connectivity index (χ4n) is 4.40. The molecule has 0 aliphatic rings. The second-order valence-electron chi connectivity index (χ2n) is 12.3. The minimum Gasteiger partial charge on any atom is -0.469 e. The molecular formula is C32H44N2O12S. The predicted molar refractivity (Wildman–Crippen MR) is 168 cm³/mol. The van der Waals surface area contributed by atoms with E-state index in [9.17, 15) is 28.8 Å². The van der Waals surface area contributed by atoms with Gasteiger partial charge >= 0.3 is 35.8 Å². The highest BCUT2D eigenvalue weighted by Crippen LogP contribution is 2.39. The van der Waals surface area contributed by atoms with Crippen LogP contribution in [0.4, 0.5) is 0 Å². The molecular weight excluding hydrogens is 636 g/mol. The molecule has 2 aromatic rings. The highest BCUT2D eigenvalue weighted by molar-refractivity contribution is 7.99. The second kappa shape index (κ2) is 16.5. The Morgan fingerprint density at radius 2 is 0.851 bits per heavy atom. The van der Waals surface area contributed by atoms with Crippen LogP contribution in [0.15, 0.2) is 10.1 Å². The van der Waals surface area contributed by atoms with Crippen LogP contribution >= 0.6 is 11.8 Å². The summed E-state index contributed by atoms with van der Waals surface area (Å²) in [5.74, 6) is -3.80. The summed E-state index contributed by atoms with van der Waals surface area (Å²) in [6.07, 6.45) is -0.792. The lowest BCUT2D eigenvalue weighted by molar-refractivity contribution is -0.141. The number of carbonyl (C=O) groups excluding carboxylic acids is 6. The number of ether oxygens (including phenoxy) is 6. The van der Waals surface area contributed by atoms with Gasteiger partial charge in [0.15, 0.2) is 0 Å². The molecule has 0 amide bonds. The first-order chi connectivity index (χ1) is 21.8. The minimum absolute atomic E-state index is 0.00425. The van der Waals surface area contributed by atoms with Crippen molar-refractivity contribution in [3.05, 3.63) is 33.6 Å². The van der Waals surface area contributed by atoms with Crippen molar-refractivity contribution in [2.45, 2.75) is 101 Å². The van der Waals surface area contributed by atoms with Gasteiger partial charge in [-0.25, -0.2) is 9.59 Å². The van der Waals surface area contributed by atoms with Crippen LogP contribution in [0.3, 0.4) is 0 Å². The number of rotatable bonds is 14. The molecule has 47 heavy (non-hydrogen) atoms. The second-order valence-corrected chi connectivity index (χ2v) is 13.4. The van der Waals surface area contributed by atoms with Crippen LogP contribution in [-0.4, -0.2) is 85.4 Å². The van der Waals surface area contributed by atoms with E-state index in [-0.39, 0.29) is 60.0 Å². The SMILES string of the molecule is COC(=O)CCc1c(C(=O)OC(C)(C)C)[nH]c(Sc2[nH]c(C(=O)OC(C)(C)C)c(CCC(=O)OC)c2CC(=O)OC)c1CC(=O)OC. The summed E-state index contributed by atoms with van der Waals surface area (Å²) in [6, 6.07) is 0.